The van der Waals surface area contributed by atoms with Gasteiger partial charge in [-0.15, -0.1) is 0 Å². The molecule has 0 bridgehead atoms. The summed E-state index contributed by atoms with van der Waals surface area (Å²) in [7, 11) is 0. The van der Waals surface area contributed by atoms with Crippen molar-refractivity contribution >= 4 is 17.9 Å². The zero-order valence-electron chi connectivity index (χ0n) is 6.41. The molecule has 0 saturated carbocycles. The van der Waals surface area contributed by atoms with Gasteiger partial charge in [0.1, 0.15) is 6.07 Å². The molecule has 0 aliphatic carbocycles. The third-order valence-electron chi connectivity index (χ3n) is 1.21. The molecule has 0 heterocycles. The molecule has 0 aliphatic heterocycles. The Morgan fingerprint density at radius 3 is 2.82 bits per heavy atom. The molecule has 0 aromatic carbocycles. The minimum atomic E-state index is -0.687. The van der Waals surface area contributed by atoms with E-state index in [0.29, 0.717) is 6.42 Å². The van der Waals surface area contributed by atoms with Crippen LogP contribution in [-0.2, 0) is 4.74 Å². The number of carbonyl (C=O) groups is 1. The predicted molar refractivity (Wildman–Crippen MR) is 44.4 cm³/mol. The van der Waals surface area contributed by atoms with Crippen molar-refractivity contribution in [2.45, 2.75) is 32.3 Å². The Hall–Kier alpha value is -0.690. The van der Waals surface area contributed by atoms with Crippen LogP contribution >= 0.6 is 12.6 Å². The van der Waals surface area contributed by atoms with Gasteiger partial charge in [-0.3, -0.25) is 0 Å². The number of nitrogens with zero attached hydrogens (tertiary/aromatic N) is 1. The van der Waals surface area contributed by atoms with Gasteiger partial charge in [0.15, 0.2) is 6.10 Å². The molecule has 0 amide bonds. The minimum Gasteiger partial charge on any atom is -0.439 e. The molecule has 11 heavy (non-hydrogen) atoms. The molecule has 0 radical (unpaired) electrons. The Balaban J connectivity index is 3.60. The van der Waals surface area contributed by atoms with E-state index in [0.717, 1.165) is 12.8 Å². The highest BCUT2D eigenvalue weighted by molar-refractivity contribution is 7.96. The van der Waals surface area contributed by atoms with E-state index in [9.17, 15) is 4.79 Å². The zero-order valence-corrected chi connectivity index (χ0v) is 7.30. The fourth-order valence-corrected chi connectivity index (χ4v) is 0.788. The van der Waals surface area contributed by atoms with Gasteiger partial charge in [0, 0.05) is 0 Å². The molecule has 0 fully saturated rings. The number of carbonyl (C=O) groups excluding carboxylic acids is 1. The lowest BCUT2D eigenvalue weighted by molar-refractivity contribution is 0.145. The van der Waals surface area contributed by atoms with E-state index in [4.69, 9.17) is 5.26 Å². The van der Waals surface area contributed by atoms with Crippen LogP contribution in [0.1, 0.15) is 26.2 Å². The quantitative estimate of drug-likeness (QED) is 0.523. The third-order valence-corrected chi connectivity index (χ3v) is 1.31. The molecule has 0 spiro atoms. The molecule has 0 saturated heterocycles. The molecule has 0 rings (SSSR count). The second kappa shape index (κ2) is 6.05. The van der Waals surface area contributed by atoms with Crippen molar-refractivity contribution < 1.29 is 9.53 Å². The highest BCUT2D eigenvalue weighted by Gasteiger charge is 2.09. The summed E-state index contributed by atoms with van der Waals surface area (Å²) in [5, 5.41) is 7.75. The van der Waals surface area contributed by atoms with Gasteiger partial charge < -0.3 is 4.74 Å². The van der Waals surface area contributed by atoms with Crippen molar-refractivity contribution in [3.63, 3.8) is 0 Å². The maximum absolute atomic E-state index is 10.3. The smallest absolute Gasteiger partial charge is 0.365 e. The zero-order chi connectivity index (χ0) is 8.69. The summed E-state index contributed by atoms with van der Waals surface area (Å²) >= 11 is 3.40. The summed E-state index contributed by atoms with van der Waals surface area (Å²) in [6, 6.07) is 1.88. The number of hydrogen-bond acceptors (Lipinski definition) is 3. The molecule has 0 aromatic heterocycles. The van der Waals surface area contributed by atoms with E-state index < -0.39 is 11.4 Å². The topological polar surface area (TPSA) is 50.1 Å². The van der Waals surface area contributed by atoms with Crippen molar-refractivity contribution in [2.75, 3.05) is 0 Å². The van der Waals surface area contributed by atoms with Gasteiger partial charge in [-0.2, -0.15) is 5.26 Å². The van der Waals surface area contributed by atoms with E-state index in [2.05, 4.69) is 17.4 Å². The summed E-state index contributed by atoms with van der Waals surface area (Å²) in [6.07, 6.45) is 1.85. The number of rotatable bonds is 4. The van der Waals surface area contributed by atoms with Crippen LogP contribution in [0.25, 0.3) is 0 Å². The lowest BCUT2D eigenvalue weighted by Crippen LogP contribution is -2.11. The Bertz CT molecular complexity index is 164. The van der Waals surface area contributed by atoms with Crippen molar-refractivity contribution in [1.29, 1.82) is 5.26 Å². The normalized spacial score (nSPS) is 11.7. The average molecular weight is 173 g/mol. The fourth-order valence-electron chi connectivity index (χ4n) is 0.661. The van der Waals surface area contributed by atoms with Gasteiger partial charge in [-0.1, -0.05) is 26.0 Å². The summed E-state index contributed by atoms with van der Waals surface area (Å²) in [5.74, 6) is 0. The number of thiol groups is 1. The van der Waals surface area contributed by atoms with Crippen LogP contribution in [0.4, 0.5) is 4.79 Å². The average Bonchev–Trinajstić information content (AvgIpc) is 1.97. The van der Waals surface area contributed by atoms with Crippen molar-refractivity contribution in [1.82, 2.24) is 0 Å². The van der Waals surface area contributed by atoms with Crippen LogP contribution in [0.3, 0.4) is 0 Å². The van der Waals surface area contributed by atoms with Crippen molar-refractivity contribution in [3.05, 3.63) is 0 Å². The first kappa shape index (κ1) is 10.3. The first-order valence-electron chi connectivity index (χ1n) is 3.50. The highest BCUT2D eigenvalue weighted by Crippen LogP contribution is 2.05. The summed E-state index contributed by atoms with van der Waals surface area (Å²) in [4.78, 5) is 10.3. The maximum Gasteiger partial charge on any atom is 0.365 e. The van der Waals surface area contributed by atoms with Crippen LogP contribution in [0.5, 0.6) is 0 Å². The Labute approximate surface area is 71.8 Å². The molecular formula is C7H11NO2S. The summed E-state index contributed by atoms with van der Waals surface area (Å²) in [6.45, 7) is 2.01. The van der Waals surface area contributed by atoms with Crippen LogP contribution in [0.2, 0.25) is 0 Å². The van der Waals surface area contributed by atoms with E-state index in [1.165, 1.54) is 0 Å². The summed E-state index contributed by atoms with van der Waals surface area (Å²) < 4.78 is 4.57. The first-order chi connectivity index (χ1) is 5.20. The summed E-state index contributed by atoms with van der Waals surface area (Å²) in [5.41, 5.74) is 0. The number of nitriles is 1. The molecule has 0 aromatic rings. The van der Waals surface area contributed by atoms with Crippen LogP contribution in [0.15, 0.2) is 0 Å². The van der Waals surface area contributed by atoms with Gasteiger partial charge in [-0.25, -0.2) is 4.79 Å². The molecule has 4 heteroatoms. The van der Waals surface area contributed by atoms with E-state index in [-0.39, 0.29) is 0 Å². The highest BCUT2D eigenvalue weighted by atomic mass is 32.1. The predicted octanol–water partition coefficient (Wildman–Crippen LogP) is 2.14. The molecule has 0 aliphatic rings. The monoisotopic (exact) mass is 173 g/mol. The van der Waals surface area contributed by atoms with Gasteiger partial charge in [0.05, 0.1) is 0 Å². The first-order valence-corrected chi connectivity index (χ1v) is 3.94. The van der Waals surface area contributed by atoms with Gasteiger partial charge in [0.25, 0.3) is 0 Å². The maximum atomic E-state index is 10.3. The number of hydrogen-bond donors (Lipinski definition) is 1. The third kappa shape index (κ3) is 5.74. The standard InChI is InChI=1S/C7H11NO2S/c1-2-3-4-6(5-8)10-7(9)11/h6H,2-4H2,1H3,(H,9,11)/t6-/m0/s1. The second-order valence-corrected chi connectivity index (χ2v) is 2.51. The minimum absolute atomic E-state index is 0.597. The van der Waals surface area contributed by atoms with Gasteiger partial charge in [0.2, 0.25) is 0 Å². The lowest BCUT2D eigenvalue weighted by atomic mass is 10.2. The molecule has 1 atom stereocenters. The molecular weight excluding hydrogens is 162 g/mol. The molecule has 0 unspecified atom stereocenters. The van der Waals surface area contributed by atoms with Crippen molar-refractivity contribution in [3.8, 4) is 6.07 Å². The SMILES string of the molecule is CCCC[C@@H](C#N)OC(=O)S. The van der Waals surface area contributed by atoms with Crippen LogP contribution in [-0.4, -0.2) is 11.4 Å². The Kier molecular flexibility index (Phi) is 5.67. The second-order valence-electron chi connectivity index (χ2n) is 2.14. The number of ether oxygens (including phenoxy) is 1. The molecule has 0 N–H and O–H groups in total. The lowest BCUT2D eigenvalue weighted by Gasteiger charge is -2.06. The molecule has 62 valence electrons. The van der Waals surface area contributed by atoms with Gasteiger partial charge >= 0.3 is 5.30 Å². The Morgan fingerprint density at radius 2 is 2.45 bits per heavy atom. The largest absolute Gasteiger partial charge is 0.439 e. The van der Waals surface area contributed by atoms with Crippen molar-refractivity contribution in [2.24, 2.45) is 0 Å². The number of unbranched alkanes of at least 4 members (excludes halogenated alkanes) is 1. The van der Waals surface area contributed by atoms with Crippen LogP contribution < -0.4 is 0 Å². The fraction of sp³-hybridized carbons (Fsp3) is 0.714. The van der Waals surface area contributed by atoms with E-state index in [1.807, 2.05) is 13.0 Å². The van der Waals surface area contributed by atoms with E-state index in [1.54, 1.807) is 0 Å². The van der Waals surface area contributed by atoms with Gasteiger partial charge in [-0.05, 0) is 12.8 Å². The van der Waals surface area contributed by atoms with Crippen LogP contribution in [0, 0.1) is 11.3 Å². The molecule has 3 nitrogen and oxygen atoms in total. The Morgan fingerprint density at radius 1 is 1.82 bits per heavy atom. The van der Waals surface area contributed by atoms with E-state index >= 15 is 0 Å².